The molecule has 0 unspecified atom stereocenters. The normalized spacial score (nSPS) is 13.5. The van der Waals surface area contributed by atoms with Crippen LogP contribution in [0.2, 0.25) is 0 Å². The molecule has 6 aromatic carbocycles. The number of carbonyl (C=O) groups is 8. The minimum Gasteiger partial charge on any atom is -0.493 e. The van der Waals surface area contributed by atoms with Crippen molar-refractivity contribution < 1.29 is 105 Å². The average molecular weight is 1730 g/mol. The summed E-state index contributed by atoms with van der Waals surface area (Å²) in [7, 11) is 12.1. The fourth-order valence-electron chi connectivity index (χ4n) is 13.1. The largest absolute Gasteiger partial charge is 0.493 e. The number of aromatic nitrogens is 4. The highest BCUT2D eigenvalue weighted by atomic mass is 16.6. The molecule has 676 valence electrons. The fraction of sp³-hybridized carbons (Fsp3) is 0.441. The number of carboxylic acids is 2. The molecule has 0 bridgehead atoms. The van der Waals surface area contributed by atoms with Gasteiger partial charge in [0.25, 0.3) is 0 Å². The lowest BCUT2D eigenvalue weighted by molar-refractivity contribution is -0.155. The Kier molecular flexibility index (Phi) is 41.6. The molecular weight excluding hydrogens is 1610 g/mol. The van der Waals surface area contributed by atoms with Gasteiger partial charge in [-0.1, -0.05) is 43.8 Å². The summed E-state index contributed by atoms with van der Waals surface area (Å²) in [6.45, 7) is 21.9. The number of piperazine rings is 1. The number of aliphatic carboxylic acids is 1. The van der Waals surface area contributed by atoms with Crippen molar-refractivity contribution in [2.45, 2.75) is 118 Å². The van der Waals surface area contributed by atoms with Crippen LogP contribution in [-0.4, -0.2) is 249 Å². The Bertz CT molecular complexity index is 4760. The summed E-state index contributed by atoms with van der Waals surface area (Å²) in [6.07, 6.45) is 11.9. The number of anilines is 4. The molecule has 4 aliphatic heterocycles. The molecule has 125 heavy (non-hydrogen) atoms. The Morgan fingerprint density at radius 3 is 1.04 bits per heavy atom. The number of amides is 1. The fourth-order valence-corrected chi connectivity index (χ4v) is 13.1. The van der Waals surface area contributed by atoms with Crippen LogP contribution in [0.1, 0.15) is 148 Å². The molecule has 0 aliphatic carbocycles. The SMILES string of the molecule is C.CC(C)(C)OC(=O)CN.COc1ccc(C(=O)CCC(=O)N2CCN(c3ccccc3-c3cnc(N4CCOCC4)nc3)CC2)cc1OC.COc1ccc(C(=O)CCC(=O)O)cc1OC.COc1ccc(C(=O)CCC(=O)OC(C)(C)C)cc1OC.COc1ccc(C(=O)O)cc1OC.c1ccc(N2CCCCC2)c(-c2cnc(N3CCOCC3)nc2)c1. The molecule has 0 radical (unpaired) electrons. The Morgan fingerprint density at radius 2 is 0.704 bits per heavy atom. The number of rotatable bonds is 28. The first-order valence-corrected chi connectivity index (χ1v) is 40.8. The summed E-state index contributed by atoms with van der Waals surface area (Å²) in [4.78, 5) is 122. The zero-order valence-corrected chi connectivity index (χ0v) is 73.5. The van der Waals surface area contributed by atoms with E-state index in [1.54, 1.807) is 109 Å². The number of hydrogen-bond donors (Lipinski definition) is 3. The molecule has 0 atom stereocenters. The molecule has 2 aromatic heterocycles. The van der Waals surface area contributed by atoms with Crippen LogP contribution in [0.4, 0.5) is 23.3 Å². The number of carboxylic acid groups (broad SMARTS) is 2. The molecule has 32 heteroatoms. The molecular formula is C93H122N10O22. The Hall–Kier alpha value is -12.7. The third-order valence-electron chi connectivity index (χ3n) is 19.4. The van der Waals surface area contributed by atoms with Gasteiger partial charge in [-0.15, -0.1) is 0 Å². The zero-order valence-electron chi connectivity index (χ0n) is 73.5. The second-order valence-corrected chi connectivity index (χ2v) is 30.3. The van der Waals surface area contributed by atoms with Gasteiger partial charge in [0.15, 0.2) is 63.3 Å². The van der Waals surface area contributed by atoms with E-state index in [1.165, 1.54) is 92.4 Å². The topological polar surface area (TPSA) is 382 Å². The van der Waals surface area contributed by atoms with Crippen LogP contribution in [0.15, 0.2) is 146 Å². The standard InChI is InChI=1S/C30H35N5O5.C19H24N4O.C16H22O5.C12H14O5.C9H10O4.C6H13NO2.CH4/c1-38-27-9-7-22(19-28(27)39-2)26(36)8-10-29(37)34-13-11-33(12-14-34)25-6-4-3-5-24(25)23-20-31-30(32-21-23)35-15-17-40-18-16-35;1-4-8-22(9-5-1)18-7-3-2-6-17(18)16-14-20-19(21-15-16)23-10-12-24-13-11-23;1-16(2,3)21-15(18)9-7-12(17)11-6-8-13(19-4)14(10-11)20-5;1-16-10-5-3-8(7-11(10)17-2)9(13)4-6-12(14)15;1-12-7-4-3-6(9(10)11)5-8(7)13-2;1-6(2,3)9-5(8)4-7;/h3-7,9,19-21H,8,10-18H2,1-2H3;2-3,6-7,14-15H,1,4-5,8-13H2;6,8,10H,7,9H2,1-5H3;3,5,7H,4,6H2,1-2H3,(H,14,15);3-5H,1-2H3,(H,10,11);4,7H2,1-3H3;1H4. The van der Waals surface area contributed by atoms with Crippen molar-refractivity contribution in [1.29, 1.82) is 0 Å². The number of aromatic carboxylic acids is 1. The van der Waals surface area contributed by atoms with Crippen LogP contribution in [0.25, 0.3) is 22.3 Å². The summed E-state index contributed by atoms with van der Waals surface area (Å²) in [5.41, 5.74) is 12.4. The molecule has 6 heterocycles. The lowest BCUT2D eigenvalue weighted by Gasteiger charge is -2.37. The second-order valence-electron chi connectivity index (χ2n) is 30.3. The number of nitrogens with zero attached hydrogens (tertiary/aromatic N) is 9. The van der Waals surface area contributed by atoms with Crippen molar-refractivity contribution >= 4 is 70.4 Å². The highest BCUT2D eigenvalue weighted by Crippen LogP contribution is 2.36. The Morgan fingerprint density at radius 1 is 0.376 bits per heavy atom. The van der Waals surface area contributed by atoms with Gasteiger partial charge in [0.2, 0.25) is 17.8 Å². The number of carbonyl (C=O) groups excluding carboxylic acids is 6. The predicted octanol–water partition coefficient (Wildman–Crippen LogP) is 13.4. The van der Waals surface area contributed by atoms with Gasteiger partial charge in [-0.2, -0.15) is 0 Å². The molecule has 1 amide bonds. The van der Waals surface area contributed by atoms with E-state index in [4.69, 9.17) is 72.8 Å². The van der Waals surface area contributed by atoms with E-state index in [0.717, 1.165) is 86.8 Å². The number of esters is 2. The lowest BCUT2D eigenvalue weighted by Crippen LogP contribution is -2.49. The van der Waals surface area contributed by atoms with E-state index >= 15 is 0 Å². The smallest absolute Gasteiger partial charge is 0.335 e. The van der Waals surface area contributed by atoms with Crippen molar-refractivity contribution in [2.75, 3.05) is 175 Å². The molecule has 12 rings (SSSR count). The first kappa shape index (κ1) is 101. The van der Waals surface area contributed by atoms with E-state index in [-0.39, 0.29) is 93.3 Å². The molecule has 4 saturated heterocycles. The van der Waals surface area contributed by atoms with E-state index in [2.05, 4.69) is 75.9 Å². The van der Waals surface area contributed by atoms with Crippen LogP contribution in [0, 0.1) is 0 Å². The highest BCUT2D eigenvalue weighted by Gasteiger charge is 2.27. The number of nitrogens with two attached hydrogens (primary N) is 1. The van der Waals surface area contributed by atoms with Crippen molar-refractivity contribution in [3.8, 4) is 68.2 Å². The van der Waals surface area contributed by atoms with Gasteiger partial charge < -0.3 is 97.3 Å². The van der Waals surface area contributed by atoms with Gasteiger partial charge in [-0.25, -0.2) is 24.7 Å². The first-order valence-electron chi connectivity index (χ1n) is 40.8. The molecule has 4 aliphatic rings. The number of benzene rings is 6. The summed E-state index contributed by atoms with van der Waals surface area (Å²) in [6, 6.07) is 36.0. The van der Waals surface area contributed by atoms with E-state index in [1.807, 2.05) is 41.8 Å². The van der Waals surface area contributed by atoms with Crippen molar-refractivity contribution in [3.63, 3.8) is 0 Å². The molecule has 32 nitrogen and oxygen atoms in total. The van der Waals surface area contributed by atoms with E-state index in [0.29, 0.717) is 102 Å². The third kappa shape index (κ3) is 32.5. The molecule has 4 fully saturated rings. The van der Waals surface area contributed by atoms with Gasteiger partial charge in [0.05, 0.1) is 108 Å². The number of methoxy groups -OCH3 is 8. The molecule has 0 saturated carbocycles. The predicted molar refractivity (Wildman–Crippen MR) is 477 cm³/mol. The minimum absolute atomic E-state index is 0. The average Bonchev–Trinajstić information content (AvgIpc) is 0.802. The summed E-state index contributed by atoms with van der Waals surface area (Å²) in [5.74, 6) is 2.38. The number of ketones is 3. The maximum absolute atomic E-state index is 12.9. The number of Topliss-reactive ketones (excluding diaryl/α,β-unsaturated/α-hetero) is 3. The van der Waals surface area contributed by atoms with E-state index < -0.39 is 23.1 Å². The summed E-state index contributed by atoms with van der Waals surface area (Å²) >= 11 is 0. The number of hydrogen-bond acceptors (Lipinski definition) is 29. The maximum atomic E-state index is 12.9. The number of para-hydroxylation sites is 2. The second kappa shape index (κ2) is 51.4. The zero-order chi connectivity index (χ0) is 90.3. The Labute approximate surface area is 732 Å². The van der Waals surface area contributed by atoms with Gasteiger partial charge in [0, 0.05) is 166 Å². The van der Waals surface area contributed by atoms with Crippen LogP contribution in [0.5, 0.6) is 46.0 Å². The molecule has 4 N–H and O–H groups in total. The summed E-state index contributed by atoms with van der Waals surface area (Å²) < 4.78 is 61.6. The van der Waals surface area contributed by atoms with Gasteiger partial charge in [-0.3, -0.25) is 33.6 Å². The first-order chi connectivity index (χ1) is 59.5. The van der Waals surface area contributed by atoms with Crippen LogP contribution >= 0.6 is 0 Å². The quantitative estimate of drug-likeness (QED) is 0.0303. The minimum atomic E-state index is -0.987. The van der Waals surface area contributed by atoms with Crippen LogP contribution in [-0.2, 0) is 38.1 Å². The van der Waals surface area contributed by atoms with Crippen molar-refractivity contribution in [3.05, 3.63) is 168 Å². The number of morpholine rings is 2. The lowest BCUT2D eigenvalue weighted by atomic mass is 10.0. The van der Waals surface area contributed by atoms with E-state index in [9.17, 15) is 38.4 Å². The Balaban J connectivity index is 0.000000247. The number of piperidine rings is 1. The third-order valence-corrected chi connectivity index (χ3v) is 19.4. The summed E-state index contributed by atoms with van der Waals surface area (Å²) in [5, 5.41) is 17.2. The highest BCUT2D eigenvalue weighted by molar-refractivity contribution is 6.00. The van der Waals surface area contributed by atoms with Gasteiger partial charge >= 0.3 is 23.9 Å². The van der Waals surface area contributed by atoms with Crippen molar-refractivity contribution in [2.24, 2.45) is 5.73 Å². The molecule has 8 aromatic rings. The van der Waals surface area contributed by atoms with Gasteiger partial charge in [-0.05, 0) is 146 Å². The molecule has 0 spiro atoms. The van der Waals surface area contributed by atoms with Crippen LogP contribution in [0.3, 0.4) is 0 Å². The number of ether oxygens (including phenoxy) is 12. The van der Waals surface area contributed by atoms with Gasteiger partial charge in [0.1, 0.15) is 11.2 Å². The van der Waals surface area contributed by atoms with Crippen LogP contribution < -0.4 is 63.2 Å². The maximum Gasteiger partial charge on any atom is 0.335 e. The monoisotopic (exact) mass is 1730 g/mol. The van der Waals surface area contributed by atoms with Crippen molar-refractivity contribution in [1.82, 2.24) is 24.8 Å².